The molecule has 0 saturated heterocycles. The predicted octanol–water partition coefficient (Wildman–Crippen LogP) is 5.21. The number of hydrogen-bond acceptors (Lipinski definition) is 3. The Labute approximate surface area is 177 Å². The molecular formula is C23H21F3N4O. The zero-order valence-electron chi connectivity index (χ0n) is 16.6. The molecule has 1 amide bonds. The van der Waals surface area contributed by atoms with Crippen molar-refractivity contribution in [2.45, 2.75) is 43.9 Å². The summed E-state index contributed by atoms with van der Waals surface area (Å²) in [6, 6.07) is 12.7. The van der Waals surface area contributed by atoms with E-state index in [1.54, 1.807) is 18.3 Å². The van der Waals surface area contributed by atoms with Crippen molar-refractivity contribution in [3.05, 3.63) is 65.4 Å². The van der Waals surface area contributed by atoms with E-state index in [0.29, 0.717) is 11.3 Å². The van der Waals surface area contributed by atoms with Gasteiger partial charge >= 0.3 is 6.18 Å². The van der Waals surface area contributed by atoms with Crippen LogP contribution >= 0.6 is 0 Å². The first-order valence-corrected chi connectivity index (χ1v) is 10.1. The van der Waals surface area contributed by atoms with Crippen molar-refractivity contribution in [2.24, 2.45) is 0 Å². The quantitative estimate of drug-likeness (QED) is 0.536. The molecule has 0 aliphatic heterocycles. The van der Waals surface area contributed by atoms with Gasteiger partial charge in [-0.1, -0.05) is 6.07 Å². The second kappa shape index (κ2) is 8.34. The van der Waals surface area contributed by atoms with Crippen LogP contribution in [0.4, 0.5) is 18.9 Å². The van der Waals surface area contributed by atoms with Gasteiger partial charge in [0.05, 0.1) is 17.2 Å². The number of H-pyrrole nitrogens is 1. The summed E-state index contributed by atoms with van der Waals surface area (Å²) in [6.07, 6.45) is 0.129. The number of amides is 1. The number of nitriles is 1. The molecule has 3 N–H and O–H groups in total. The molecule has 1 aliphatic rings. The molecule has 5 nitrogen and oxygen atoms in total. The van der Waals surface area contributed by atoms with Gasteiger partial charge in [0.1, 0.15) is 0 Å². The lowest BCUT2D eigenvalue weighted by Gasteiger charge is -2.30. The van der Waals surface area contributed by atoms with Crippen molar-refractivity contribution >= 4 is 22.5 Å². The number of carbonyl (C=O) groups is 1. The van der Waals surface area contributed by atoms with E-state index in [2.05, 4.69) is 15.6 Å². The first-order valence-electron chi connectivity index (χ1n) is 10.1. The fraction of sp³-hybridized carbons (Fsp3) is 0.304. The molecular weight excluding hydrogens is 405 g/mol. The standard InChI is InChI=1S/C23H21F3N4O/c24-23(25,26)20-12-17(5-4-14(20)13-27)29-15-6-8-16(9-7-15)30-22(31)19-2-1-3-21-18(19)10-11-28-21/h1-5,10-12,15-16,28-29H,6-9H2,(H,30,31)/t15-,16+. The summed E-state index contributed by atoms with van der Waals surface area (Å²) >= 11 is 0. The average Bonchev–Trinajstić information content (AvgIpc) is 3.23. The summed E-state index contributed by atoms with van der Waals surface area (Å²) in [5.74, 6) is -0.122. The van der Waals surface area contributed by atoms with Gasteiger partial charge in [0.25, 0.3) is 5.91 Å². The van der Waals surface area contributed by atoms with Crippen LogP contribution in [0.3, 0.4) is 0 Å². The Bertz CT molecular complexity index is 1140. The van der Waals surface area contributed by atoms with Gasteiger partial charge in [-0.15, -0.1) is 0 Å². The highest BCUT2D eigenvalue weighted by atomic mass is 19.4. The van der Waals surface area contributed by atoms with Crippen LogP contribution in [-0.2, 0) is 6.18 Å². The highest BCUT2D eigenvalue weighted by molar-refractivity contribution is 6.06. The van der Waals surface area contributed by atoms with Crippen LogP contribution in [0.2, 0.25) is 0 Å². The zero-order valence-corrected chi connectivity index (χ0v) is 16.6. The number of nitrogens with zero attached hydrogens (tertiary/aromatic N) is 1. The van der Waals surface area contributed by atoms with E-state index in [1.807, 2.05) is 18.2 Å². The summed E-state index contributed by atoms with van der Waals surface area (Å²) < 4.78 is 39.5. The van der Waals surface area contributed by atoms with E-state index < -0.39 is 11.7 Å². The number of benzene rings is 2. The van der Waals surface area contributed by atoms with Crippen molar-refractivity contribution in [1.82, 2.24) is 10.3 Å². The van der Waals surface area contributed by atoms with Crippen LogP contribution in [0.1, 0.15) is 47.2 Å². The molecule has 1 aromatic heterocycles. The van der Waals surface area contributed by atoms with Gasteiger partial charge in [0.15, 0.2) is 0 Å². The van der Waals surface area contributed by atoms with E-state index in [9.17, 15) is 18.0 Å². The Hall–Kier alpha value is -3.47. The number of nitrogens with one attached hydrogen (secondary N) is 3. The van der Waals surface area contributed by atoms with Gasteiger partial charge in [-0.25, -0.2) is 0 Å². The third-order valence-electron chi connectivity index (χ3n) is 5.72. The molecule has 1 heterocycles. The minimum Gasteiger partial charge on any atom is -0.382 e. The number of halogens is 3. The monoisotopic (exact) mass is 426 g/mol. The molecule has 4 rings (SSSR count). The van der Waals surface area contributed by atoms with Crippen molar-refractivity contribution in [3.8, 4) is 6.07 Å². The zero-order chi connectivity index (χ0) is 22.0. The van der Waals surface area contributed by atoms with Crippen molar-refractivity contribution in [2.75, 3.05) is 5.32 Å². The number of alkyl halides is 3. The van der Waals surface area contributed by atoms with Gasteiger partial charge in [-0.2, -0.15) is 18.4 Å². The second-order valence-electron chi connectivity index (χ2n) is 7.78. The molecule has 1 aliphatic carbocycles. The lowest BCUT2D eigenvalue weighted by molar-refractivity contribution is -0.137. The Balaban J connectivity index is 1.36. The maximum absolute atomic E-state index is 13.2. The first-order chi connectivity index (χ1) is 14.8. The fourth-order valence-corrected chi connectivity index (χ4v) is 4.13. The largest absolute Gasteiger partial charge is 0.417 e. The minimum absolute atomic E-state index is 0.00952. The van der Waals surface area contributed by atoms with Crippen LogP contribution in [0, 0.1) is 11.3 Å². The number of anilines is 1. The summed E-state index contributed by atoms with van der Waals surface area (Å²) in [5.41, 5.74) is 0.553. The molecule has 0 bridgehead atoms. The van der Waals surface area contributed by atoms with Crippen molar-refractivity contribution < 1.29 is 18.0 Å². The van der Waals surface area contributed by atoms with Crippen LogP contribution in [0.25, 0.3) is 10.9 Å². The number of hydrogen-bond donors (Lipinski definition) is 3. The molecule has 31 heavy (non-hydrogen) atoms. The van der Waals surface area contributed by atoms with Crippen LogP contribution in [0.15, 0.2) is 48.7 Å². The lowest BCUT2D eigenvalue weighted by atomic mass is 9.90. The Kier molecular flexibility index (Phi) is 5.59. The van der Waals surface area contributed by atoms with E-state index in [4.69, 9.17) is 5.26 Å². The maximum atomic E-state index is 13.2. The van der Waals surface area contributed by atoms with E-state index >= 15 is 0 Å². The SMILES string of the molecule is N#Cc1ccc(N[C@H]2CC[C@@H](NC(=O)c3cccc4[nH]ccc34)CC2)cc1C(F)(F)F. The van der Waals surface area contributed by atoms with Crippen LogP contribution < -0.4 is 10.6 Å². The second-order valence-corrected chi connectivity index (χ2v) is 7.78. The molecule has 0 unspecified atom stereocenters. The summed E-state index contributed by atoms with van der Waals surface area (Å²) in [6.45, 7) is 0. The van der Waals surface area contributed by atoms with Gasteiger partial charge in [0, 0.05) is 40.4 Å². The Morgan fingerprint density at radius 3 is 2.52 bits per heavy atom. The van der Waals surface area contributed by atoms with Crippen LogP contribution in [0.5, 0.6) is 0 Å². The lowest BCUT2D eigenvalue weighted by Crippen LogP contribution is -2.40. The Morgan fingerprint density at radius 1 is 1.06 bits per heavy atom. The van der Waals surface area contributed by atoms with E-state index in [0.717, 1.165) is 42.7 Å². The number of carbonyl (C=O) groups excluding carboxylic acids is 1. The minimum atomic E-state index is -4.58. The molecule has 8 heteroatoms. The van der Waals surface area contributed by atoms with Crippen molar-refractivity contribution in [1.29, 1.82) is 5.26 Å². The number of aromatic nitrogens is 1. The normalized spacial score (nSPS) is 19.0. The van der Waals surface area contributed by atoms with Gasteiger partial charge < -0.3 is 15.6 Å². The van der Waals surface area contributed by atoms with Crippen LogP contribution in [-0.4, -0.2) is 23.0 Å². The third-order valence-corrected chi connectivity index (χ3v) is 5.72. The highest BCUT2D eigenvalue weighted by Gasteiger charge is 2.34. The average molecular weight is 426 g/mol. The first kappa shape index (κ1) is 20.8. The molecule has 160 valence electrons. The maximum Gasteiger partial charge on any atom is 0.417 e. The highest BCUT2D eigenvalue weighted by Crippen LogP contribution is 2.34. The predicted molar refractivity (Wildman–Crippen MR) is 112 cm³/mol. The van der Waals surface area contributed by atoms with E-state index in [-0.39, 0.29) is 23.6 Å². The number of fused-ring (bicyclic) bond motifs is 1. The molecule has 2 aromatic carbocycles. The van der Waals surface area contributed by atoms with Gasteiger partial charge in [0.2, 0.25) is 0 Å². The third kappa shape index (κ3) is 4.50. The summed E-state index contributed by atoms with van der Waals surface area (Å²) in [5, 5.41) is 16.0. The summed E-state index contributed by atoms with van der Waals surface area (Å²) in [4.78, 5) is 15.8. The molecule has 0 spiro atoms. The molecule has 3 aromatic rings. The number of rotatable bonds is 4. The van der Waals surface area contributed by atoms with E-state index in [1.165, 1.54) is 12.1 Å². The van der Waals surface area contributed by atoms with Crippen molar-refractivity contribution in [3.63, 3.8) is 0 Å². The fourth-order valence-electron chi connectivity index (χ4n) is 4.13. The summed E-state index contributed by atoms with van der Waals surface area (Å²) in [7, 11) is 0. The molecule has 0 atom stereocenters. The topological polar surface area (TPSA) is 80.7 Å². The van der Waals surface area contributed by atoms with Gasteiger partial charge in [-0.05, 0) is 62.1 Å². The molecule has 0 radical (unpaired) electrons. The number of aromatic amines is 1. The van der Waals surface area contributed by atoms with Gasteiger partial charge in [-0.3, -0.25) is 4.79 Å². The Morgan fingerprint density at radius 2 is 1.81 bits per heavy atom. The smallest absolute Gasteiger partial charge is 0.382 e. The molecule has 1 saturated carbocycles. The molecule has 1 fully saturated rings.